The van der Waals surface area contributed by atoms with Crippen LogP contribution in [0.15, 0.2) is 76.0 Å². The third-order valence-corrected chi connectivity index (χ3v) is 19.1. The Morgan fingerprint density at radius 2 is 1.46 bits per heavy atom. The molecule has 3 aliphatic rings. The number of fused-ring (bicyclic) bond motifs is 2. The van der Waals surface area contributed by atoms with Gasteiger partial charge in [0.1, 0.15) is 49.6 Å². The van der Waals surface area contributed by atoms with Crippen molar-refractivity contribution in [2.75, 3.05) is 52.1 Å². The molecule has 0 spiro atoms. The molecule has 0 radical (unpaired) electrons. The number of hydrogen-bond donors (Lipinski definition) is 9. The van der Waals surface area contributed by atoms with Gasteiger partial charge in [0.05, 0.1) is 51.1 Å². The van der Waals surface area contributed by atoms with Gasteiger partial charge in [-0.05, 0) is 18.6 Å². The van der Waals surface area contributed by atoms with E-state index in [0.717, 1.165) is 36.6 Å². The van der Waals surface area contributed by atoms with E-state index in [2.05, 4.69) is 38.5 Å². The van der Waals surface area contributed by atoms with Gasteiger partial charge >= 0.3 is 34.8 Å². The van der Waals surface area contributed by atoms with Gasteiger partial charge in [-0.1, -0.05) is 23.2 Å². The molecule has 0 amide bonds. The Morgan fingerprint density at radius 1 is 0.800 bits per heavy atom. The largest absolute Gasteiger partial charge is 0.778 e. The number of aryl methyl sites for hydroxylation is 1. The molecule has 5 aromatic heterocycles. The van der Waals surface area contributed by atoms with E-state index >= 15 is 0 Å². The van der Waals surface area contributed by atoms with Crippen molar-refractivity contribution in [1.82, 2.24) is 43.6 Å². The van der Waals surface area contributed by atoms with Gasteiger partial charge in [-0.3, -0.25) is 42.3 Å². The molecule has 36 nitrogen and oxygen atoms in total. The quantitative estimate of drug-likeness (QED) is 0.0246. The maximum absolute atomic E-state index is 14.5. The number of phosphoric acid groups is 3. The fourth-order valence-electron chi connectivity index (χ4n) is 9.44. The molecule has 9 rings (SSSR count). The van der Waals surface area contributed by atoms with Gasteiger partial charge in [0.25, 0.3) is 17.1 Å². The zero-order valence-electron chi connectivity index (χ0n) is 41.8. The Balaban J connectivity index is 0.903. The van der Waals surface area contributed by atoms with E-state index in [1.807, 2.05) is 0 Å². The molecule has 3 aliphatic heterocycles. The van der Waals surface area contributed by atoms with Gasteiger partial charge in [-0.25, -0.2) is 38.0 Å². The van der Waals surface area contributed by atoms with Gasteiger partial charge in [-0.2, -0.15) is 8.62 Å². The first-order chi connectivity index (χ1) is 37.8. The minimum Gasteiger partial charge on any atom is -0.778 e. The number of para-hydroxylation sites is 1. The molecule has 6 aromatic rings. The molecule has 1 aromatic carbocycles. The summed E-state index contributed by atoms with van der Waals surface area (Å²) in [5, 5.41) is 23.0. The first-order valence-corrected chi connectivity index (χ1v) is 29.6. The summed E-state index contributed by atoms with van der Waals surface area (Å²) in [6.07, 6.45) is -10.8. The van der Waals surface area contributed by atoms with Crippen molar-refractivity contribution < 1.29 is 103 Å². The fraction of sp³-hybridized carbons (Fsp3) is 0.500. The summed E-state index contributed by atoms with van der Waals surface area (Å²) in [7, 11) is -19.7. The third kappa shape index (κ3) is 12.4. The summed E-state index contributed by atoms with van der Waals surface area (Å²) in [5.74, 6) is -1.10. The molecule has 8 heterocycles. The lowest BCUT2D eigenvalue weighted by molar-refractivity contribution is -0.745. The van der Waals surface area contributed by atoms with Crippen molar-refractivity contribution in [2.45, 2.75) is 73.5 Å². The summed E-state index contributed by atoms with van der Waals surface area (Å²) in [4.78, 5) is 105. The van der Waals surface area contributed by atoms with Crippen LogP contribution in [-0.2, 0) is 71.2 Å². The maximum Gasteiger partial charge on any atom is 0.490 e. The molecule has 40 heteroatoms. The smallest absolute Gasteiger partial charge is 0.490 e. The Labute approximate surface area is 448 Å². The van der Waals surface area contributed by atoms with E-state index in [0.29, 0.717) is 0 Å². The second kappa shape index (κ2) is 23.4. The fourth-order valence-corrected chi connectivity index (χ4v) is 14.7. The number of nitrogens with two attached hydrogens (primary N) is 2. The minimum absolute atomic E-state index is 0.00901. The van der Waals surface area contributed by atoms with Gasteiger partial charge in [0.2, 0.25) is 11.7 Å². The number of nitrogens with one attached hydrogen (secondary N) is 2. The standard InChI is InChI=1S/C40H52N12O24P4/c1-49-18-52(34-26(49)35(56)48-39(42)47-34)36-27(54)20(10-12-66-2)21(72-36)13-69-78(60,61)75-80(64,65)76-79(62,63)70-15-23-31(30(67-3)38(74-23)51-17-45-25-32(41)43-16-44-33(25)51)77(58,59)68-14-22-28(55)29(71-19-7-5-4-6-8-19)37(73-22)50-11-9-24(53)46-40(50)57/h4-9,11,16-18,20-23,27-31,36-38,54-55H,10,12-15H2,1-3H3,(H9-,41,42,43,44,46,47,48,53,56,57,58,59,60,61,62,63,64,65)/t20-,21-,22-,23?,27-,28-,29-,30-,31-,36-,37-,38-/m1/s1. The number of methoxy groups -OCH3 is 2. The summed E-state index contributed by atoms with van der Waals surface area (Å²) in [5.41, 5.74) is 7.36. The highest BCUT2D eigenvalue weighted by Gasteiger charge is 2.55. The topological polar surface area (TPSA) is 499 Å². The lowest BCUT2D eigenvalue weighted by atomic mass is 9.95. The van der Waals surface area contributed by atoms with Gasteiger partial charge in [-0.15, -0.1) is 0 Å². The van der Waals surface area contributed by atoms with E-state index in [-0.39, 0.29) is 52.9 Å². The maximum atomic E-state index is 14.5. The normalized spacial score (nSPS) is 29.1. The van der Waals surface area contributed by atoms with E-state index in [1.54, 1.807) is 18.2 Å². The molecule has 80 heavy (non-hydrogen) atoms. The van der Waals surface area contributed by atoms with E-state index in [9.17, 15) is 62.4 Å². The monoisotopic (exact) mass is 1210 g/mol. The van der Waals surface area contributed by atoms with E-state index in [1.165, 1.54) is 46.3 Å². The Bertz CT molecular complexity index is 3610. The molecular weight excluding hydrogens is 1160 g/mol. The number of anilines is 2. The predicted octanol–water partition coefficient (Wildman–Crippen LogP) is -2.06. The van der Waals surface area contributed by atoms with Crippen LogP contribution in [0.3, 0.4) is 0 Å². The van der Waals surface area contributed by atoms with Crippen molar-refractivity contribution in [3.8, 4) is 5.75 Å². The van der Waals surface area contributed by atoms with Crippen LogP contribution in [0.2, 0.25) is 0 Å². The number of nitrogens with zero attached hydrogens (tertiary/aromatic N) is 8. The van der Waals surface area contributed by atoms with Gasteiger partial charge in [0, 0.05) is 39.0 Å². The SMILES string of the molecule is COCC[C@H]1[C@@H](O)[C@H]([n+]2cn(C)c3c(=O)[nH]c(N)nc32)O[C@@H]1COP(=O)(O)OP(=O)(O)OP(=O)(O)OCC1O[C@@H](n2cnc3c(N)ncnc32)[C@H](OC)[C@@H]1P(=O)([O-])OC[C@H]1O[C@@H](n2ccc(=O)[nH]c2=O)[C@H](Oc2ccccc2)[C@@H]1O. The number of hydrogen-bond acceptors (Lipinski definition) is 27. The number of aromatic nitrogens is 10. The highest BCUT2D eigenvalue weighted by molar-refractivity contribution is 7.66. The van der Waals surface area contributed by atoms with Crippen LogP contribution in [0, 0.1) is 5.92 Å². The number of rotatable bonds is 23. The van der Waals surface area contributed by atoms with Crippen molar-refractivity contribution in [3.63, 3.8) is 0 Å². The third-order valence-electron chi connectivity index (χ3n) is 12.9. The number of H-pyrrole nitrogens is 2. The number of aliphatic hydroxyl groups excluding tert-OH is 2. The minimum atomic E-state index is -6.21. The first kappa shape index (κ1) is 59.1. The Morgan fingerprint density at radius 3 is 2.14 bits per heavy atom. The van der Waals surface area contributed by atoms with Crippen molar-refractivity contribution in [1.29, 1.82) is 0 Å². The summed E-state index contributed by atoms with van der Waals surface area (Å²) < 4.78 is 118. The average molecular weight is 1210 g/mol. The van der Waals surface area contributed by atoms with E-state index in [4.69, 9.17) is 53.5 Å². The molecule has 0 bridgehead atoms. The lowest BCUT2D eigenvalue weighted by Gasteiger charge is -2.35. The van der Waals surface area contributed by atoms with Crippen molar-refractivity contribution >= 4 is 65.2 Å². The lowest BCUT2D eigenvalue weighted by Crippen LogP contribution is -2.45. The molecule has 0 saturated carbocycles. The van der Waals surface area contributed by atoms with Gasteiger partial charge < -0.3 is 78.8 Å². The zero-order valence-corrected chi connectivity index (χ0v) is 45.3. The van der Waals surface area contributed by atoms with Crippen LogP contribution >= 0.6 is 31.1 Å². The predicted molar refractivity (Wildman–Crippen MR) is 263 cm³/mol. The second-order valence-corrected chi connectivity index (χ2v) is 24.6. The van der Waals surface area contributed by atoms with Gasteiger partial charge in [0.15, 0.2) is 36.4 Å². The number of aliphatic hydroxyl groups is 2. The highest BCUT2D eigenvalue weighted by Crippen LogP contribution is 2.68. The molecule has 3 fully saturated rings. The second-order valence-electron chi connectivity index (χ2n) is 18.1. The zero-order chi connectivity index (χ0) is 57.6. The van der Waals surface area contributed by atoms with Crippen molar-refractivity contribution in [2.24, 2.45) is 13.0 Å². The van der Waals surface area contributed by atoms with Crippen LogP contribution < -0.4 is 42.5 Å². The number of aromatic amines is 2. The molecule has 11 N–H and O–H groups in total. The van der Waals surface area contributed by atoms with Crippen LogP contribution in [-0.4, -0.2) is 158 Å². The Hall–Kier alpha value is -5.52. The number of nitrogen functional groups attached to an aromatic ring is 2. The first-order valence-electron chi connectivity index (χ1n) is 23.5. The molecule has 3 saturated heterocycles. The molecule has 16 atom stereocenters. The van der Waals surface area contributed by atoms with E-state index < -0.39 is 141 Å². The number of imidazole rings is 2. The molecular formula is C40H52N12O24P4. The summed E-state index contributed by atoms with van der Waals surface area (Å²) in [6, 6.07) is 8.94. The molecule has 436 valence electrons. The summed E-state index contributed by atoms with van der Waals surface area (Å²) >= 11 is 0. The average Bonchev–Trinajstić information content (AvgIpc) is 4.20. The van der Waals surface area contributed by atoms with Crippen LogP contribution in [0.4, 0.5) is 11.8 Å². The van der Waals surface area contributed by atoms with Crippen LogP contribution in [0.5, 0.6) is 5.75 Å². The summed E-state index contributed by atoms with van der Waals surface area (Å²) in [6.45, 7) is -3.24. The number of ether oxygens (including phenoxy) is 6. The molecule has 5 unspecified atom stereocenters. The van der Waals surface area contributed by atoms with Crippen molar-refractivity contribution in [3.05, 3.63) is 92.8 Å². The highest BCUT2D eigenvalue weighted by atomic mass is 31.3. The Kier molecular flexibility index (Phi) is 17.3. The number of benzene rings is 1. The number of phosphoric ester groups is 2. The molecule has 0 aliphatic carbocycles. The van der Waals surface area contributed by atoms with Crippen LogP contribution in [0.1, 0.15) is 25.1 Å². The van der Waals surface area contributed by atoms with Crippen LogP contribution in [0.25, 0.3) is 22.3 Å².